The molecule has 0 bridgehead atoms. The minimum Gasteiger partial charge on any atom is -0.508 e. The van der Waals surface area contributed by atoms with Crippen molar-refractivity contribution in [1.29, 1.82) is 5.26 Å². The van der Waals surface area contributed by atoms with Crippen LogP contribution in [-0.4, -0.2) is 20.9 Å². The van der Waals surface area contributed by atoms with E-state index in [4.69, 9.17) is 4.74 Å². The summed E-state index contributed by atoms with van der Waals surface area (Å²) in [5.41, 5.74) is -0.303. The fourth-order valence-corrected chi connectivity index (χ4v) is 2.67. The number of hydrogen-bond donors (Lipinski definition) is 2. The fourth-order valence-electron chi connectivity index (χ4n) is 2.67. The van der Waals surface area contributed by atoms with E-state index in [-0.39, 0.29) is 22.8 Å². The smallest absolute Gasteiger partial charge is 0.318 e. The van der Waals surface area contributed by atoms with Gasteiger partial charge >= 0.3 is 5.69 Å². The molecule has 0 fully saturated rings. The van der Waals surface area contributed by atoms with Crippen LogP contribution >= 0.6 is 0 Å². The second kappa shape index (κ2) is 9.71. The standard InChI is InChI=1S/C22H14N4O7/c23-13-15(22(28)24-16-3-6-18(27)7-4-16)11-14-1-8-19(9-2-14)33-21-10-5-17(25(29)30)12-20(21)26(31)32/h1-12,27H,(H,24,28)/b15-11+. The molecule has 164 valence electrons. The van der Waals surface area contributed by atoms with Crippen LogP contribution in [0.1, 0.15) is 5.56 Å². The summed E-state index contributed by atoms with van der Waals surface area (Å²) in [4.78, 5) is 32.8. The first-order chi connectivity index (χ1) is 15.8. The van der Waals surface area contributed by atoms with E-state index in [1.807, 2.05) is 6.07 Å². The Morgan fingerprint density at radius 2 is 1.67 bits per heavy atom. The van der Waals surface area contributed by atoms with Gasteiger partial charge in [-0.05, 0) is 54.1 Å². The van der Waals surface area contributed by atoms with Crippen LogP contribution in [0, 0.1) is 31.6 Å². The molecule has 3 aromatic rings. The van der Waals surface area contributed by atoms with Gasteiger partial charge in [-0.3, -0.25) is 25.0 Å². The number of nitriles is 1. The van der Waals surface area contributed by atoms with Crippen LogP contribution < -0.4 is 10.1 Å². The van der Waals surface area contributed by atoms with Crippen molar-refractivity contribution in [2.75, 3.05) is 5.32 Å². The summed E-state index contributed by atoms with van der Waals surface area (Å²) in [5.74, 6) is -0.591. The van der Waals surface area contributed by atoms with Gasteiger partial charge in [0.1, 0.15) is 23.1 Å². The monoisotopic (exact) mass is 446 g/mol. The van der Waals surface area contributed by atoms with Gasteiger partial charge in [0, 0.05) is 11.8 Å². The summed E-state index contributed by atoms with van der Waals surface area (Å²) < 4.78 is 5.48. The number of hydrogen-bond acceptors (Lipinski definition) is 8. The molecular formula is C22H14N4O7. The van der Waals surface area contributed by atoms with Crippen molar-refractivity contribution in [3.05, 3.63) is 98.1 Å². The third kappa shape index (κ3) is 5.68. The largest absolute Gasteiger partial charge is 0.508 e. The van der Waals surface area contributed by atoms with Gasteiger partial charge in [0.25, 0.3) is 11.6 Å². The van der Waals surface area contributed by atoms with Crippen LogP contribution in [0.25, 0.3) is 6.08 Å². The zero-order valence-electron chi connectivity index (χ0n) is 16.7. The van der Waals surface area contributed by atoms with Crippen LogP contribution in [0.5, 0.6) is 17.2 Å². The van der Waals surface area contributed by atoms with Gasteiger partial charge in [-0.15, -0.1) is 0 Å². The minimum absolute atomic E-state index is 0.0328. The number of carbonyl (C=O) groups is 1. The molecule has 0 radical (unpaired) electrons. The molecule has 0 saturated heterocycles. The Labute approximate surface area is 186 Å². The predicted octanol–water partition coefficient (Wildman–Crippen LogP) is 4.55. The first kappa shape index (κ1) is 22.4. The van der Waals surface area contributed by atoms with E-state index in [1.54, 1.807) is 0 Å². The molecule has 0 atom stereocenters. The van der Waals surface area contributed by atoms with Crippen LogP contribution in [0.4, 0.5) is 17.1 Å². The average molecular weight is 446 g/mol. The highest BCUT2D eigenvalue weighted by Gasteiger charge is 2.21. The van der Waals surface area contributed by atoms with Crippen molar-refractivity contribution >= 4 is 29.0 Å². The zero-order chi connectivity index (χ0) is 24.0. The molecule has 0 heterocycles. The molecule has 0 unspecified atom stereocenters. The lowest BCUT2D eigenvalue weighted by atomic mass is 10.1. The van der Waals surface area contributed by atoms with Crippen LogP contribution in [0.2, 0.25) is 0 Å². The summed E-state index contributed by atoms with van der Waals surface area (Å²) in [6.07, 6.45) is 1.34. The van der Waals surface area contributed by atoms with Gasteiger partial charge in [0.05, 0.1) is 15.9 Å². The van der Waals surface area contributed by atoms with E-state index in [1.165, 1.54) is 54.6 Å². The molecule has 2 N–H and O–H groups in total. The highest BCUT2D eigenvalue weighted by Crippen LogP contribution is 2.34. The Balaban J connectivity index is 1.76. The lowest BCUT2D eigenvalue weighted by Gasteiger charge is -2.07. The highest BCUT2D eigenvalue weighted by molar-refractivity contribution is 6.09. The Bertz CT molecular complexity index is 1290. The lowest BCUT2D eigenvalue weighted by Crippen LogP contribution is -2.13. The molecule has 0 aliphatic rings. The summed E-state index contributed by atoms with van der Waals surface area (Å²) in [5, 5.41) is 43.2. The van der Waals surface area contributed by atoms with Crippen molar-refractivity contribution in [2.45, 2.75) is 0 Å². The topological polar surface area (TPSA) is 169 Å². The number of phenols is 1. The quantitative estimate of drug-likeness (QED) is 0.175. The van der Waals surface area contributed by atoms with Crippen molar-refractivity contribution < 1.29 is 24.5 Å². The maximum atomic E-state index is 12.3. The molecule has 1 amide bonds. The molecule has 0 saturated carbocycles. The van der Waals surface area contributed by atoms with Crippen molar-refractivity contribution in [3.8, 4) is 23.3 Å². The number of carbonyl (C=O) groups excluding carboxylic acids is 1. The number of rotatable bonds is 7. The van der Waals surface area contributed by atoms with Gasteiger partial charge < -0.3 is 15.2 Å². The summed E-state index contributed by atoms with van der Waals surface area (Å²) in [6, 6.07) is 16.5. The van der Waals surface area contributed by atoms with Crippen molar-refractivity contribution in [3.63, 3.8) is 0 Å². The number of ether oxygens (including phenoxy) is 1. The average Bonchev–Trinajstić information content (AvgIpc) is 2.80. The molecule has 3 rings (SSSR count). The number of anilines is 1. The summed E-state index contributed by atoms with van der Waals surface area (Å²) in [6.45, 7) is 0. The fraction of sp³-hybridized carbons (Fsp3) is 0. The second-order valence-corrected chi connectivity index (χ2v) is 6.51. The molecule has 3 aromatic carbocycles. The Kier molecular flexibility index (Phi) is 6.61. The second-order valence-electron chi connectivity index (χ2n) is 6.51. The highest BCUT2D eigenvalue weighted by atomic mass is 16.6. The summed E-state index contributed by atoms with van der Waals surface area (Å²) >= 11 is 0. The third-order valence-corrected chi connectivity index (χ3v) is 4.26. The predicted molar refractivity (Wildman–Crippen MR) is 117 cm³/mol. The molecule has 11 heteroatoms. The lowest BCUT2D eigenvalue weighted by molar-refractivity contribution is -0.394. The number of nitrogens with one attached hydrogen (secondary N) is 1. The first-order valence-corrected chi connectivity index (χ1v) is 9.20. The number of benzene rings is 3. The molecule has 0 aromatic heterocycles. The number of amides is 1. The number of non-ortho nitro benzene ring substituents is 1. The first-order valence-electron chi connectivity index (χ1n) is 9.20. The number of nitro groups is 2. The Morgan fingerprint density at radius 3 is 2.24 bits per heavy atom. The van der Waals surface area contributed by atoms with E-state index in [2.05, 4.69) is 5.32 Å². The van der Waals surface area contributed by atoms with E-state index >= 15 is 0 Å². The van der Waals surface area contributed by atoms with E-state index in [0.717, 1.165) is 18.2 Å². The Hall–Kier alpha value is -5.24. The number of nitro benzene ring substituents is 2. The molecule has 0 aliphatic heterocycles. The molecule has 0 aliphatic carbocycles. The SMILES string of the molecule is N#C/C(=C\c1ccc(Oc2ccc([N+](=O)[O-])cc2[N+](=O)[O-])cc1)C(=O)Nc1ccc(O)cc1. The van der Waals surface area contributed by atoms with Crippen LogP contribution in [0.3, 0.4) is 0 Å². The molecule has 33 heavy (non-hydrogen) atoms. The van der Waals surface area contributed by atoms with Gasteiger partial charge in [-0.25, -0.2) is 0 Å². The van der Waals surface area contributed by atoms with E-state index in [0.29, 0.717) is 11.3 Å². The maximum absolute atomic E-state index is 12.3. The van der Waals surface area contributed by atoms with E-state index < -0.39 is 27.1 Å². The summed E-state index contributed by atoms with van der Waals surface area (Å²) in [7, 11) is 0. The number of nitrogens with zero attached hydrogens (tertiary/aromatic N) is 3. The number of aromatic hydroxyl groups is 1. The normalized spacial score (nSPS) is 10.7. The van der Waals surface area contributed by atoms with Gasteiger partial charge in [-0.1, -0.05) is 12.1 Å². The van der Waals surface area contributed by atoms with Gasteiger partial charge in [0.15, 0.2) is 0 Å². The van der Waals surface area contributed by atoms with E-state index in [9.17, 15) is 35.4 Å². The Morgan fingerprint density at radius 1 is 1.00 bits per heavy atom. The minimum atomic E-state index is -0.786. The molecule has 0 spiro atoms. The molecular weight excluding hydrogens is 432 g/mol. The number of phenolic OH excluding ortho intramolecular Hbond substituents is 1. The third-order valence-electron chi connectivity index (χ3n) is 4.26. The van der Waals surface area contributed by atoms with Crippen LogP contribution in [-0.2, 0) is 4.79 Å². The van der Waals surface area contributed by atoms with Gasteiger partial charge in [0.2, 0.25) is 5.75 Å². The van der Waals surface area contributed by atoms with Gasteiger partial charge in [-0.2, -0.15) is 5.26 Å². The zero-order valence-corrected chi connectivity index (χ0v) is 16.7. The van der Waals surface area contributed by atoms with Crippen LogP contribution in [0.15, 0.2) is 72.3 Å². The van der Waals surface area contributed by atoms with Crippen molar-refractivity contribution in [2.24, 2.45) is 0 Å². The van der Waals surface area contributed by atoms with Crippen molar-refractivity contribution in [1.82, 2.24) is 0 Å². The maximum Gasteiger partial charge on any atom is 0.318 e. The molecule has 11 nitrogen and oxygen atoms in total.